The van der Waals surface area contributed by atoms with Gasteiger partial charge in [-0.1, -0.05) is 23.7 Å². The lowest BCUT2D eigenvalue weighted by atomic mass is 10.1. The van der Waals surface area contributed by atoms with Gasteiger partial charge < -0.3 is 4.55 Å². The van der Waals surface area contributed by atoms with Gasteiger partial charge in [0.2, 0.25) is 0 Å². The van der Waals surface area contributed by atoms with Crippen LogP contribution >= 0.6 is 27.5 Å². The predicted molar refractivity (Wildman–Crippen MR) is 93.9 cm³/mol. The van der Waals surface area contributed by atoms with E-state index in [0.717, 1.165) is 20.9 Å². The molecule has 2 atom stereocenters. The van der Waals surface area contributed by atoms with Gasteiger partial charge in [-0.05, 0) is 55.8 Å². The van der Waals surface area contributed by atoms with Gasteiger partial charge in [-0.3, -0.25) is 0 Å². The van der Waals surface area contributed by atoms with Gasteiger partial charge in [0.1, 0.15) is 9.90 Å². The van der Waals surface area contributed by atoms with E-state index in [-0.39, 0.29) is 10.8 Å². The van der Waals surface area contributed by atoms with Crippen LogP contribution in [0.25, 0.3) is 10.9 Å². The maximum Gasteiger partial charge on any atom is 0.136 e. The molecule has 0 aliphatic rings. The monoisotopic (exact) mass is 388 g/mol. The molecule has 0 aliphatic heterocycles. The number of fused-ring (bicyclic) bond motifs is 1. The molecular weight excluding hydrogens is 372 g/mol. The smallest absolute Gasteiger partial charge is 0.136 e. The number of halogens is 2. The Morgan fingerprint density at radius 1 is 1.38 bits per heavy atom. The average molecular weight is 390 g/mol. The summed E-state index contributed by atoms with van der Waals surface area (Å²) in [5.74, 6) is 0. The van der Waals surface area contributed by atoms with E-state index in [9.17, 15) is 4.55 Å². The molecule has 0 saturated carbocycles. The summed E-state index contributed by atoms with van der Waals surface area (Å²) in [4.78, 5) is 4.45. The Bertz CT molecular complexity index is 660. The zero-order valence-corrected chi connectivity index (χ0v) is 15.6. The van der Waals surface area contributed by atoms with E-state index < -0.39 is 11.4 Å². The van der Waals surface area contributed by atoms with Crippen LogP contribution in [-0.2, 0) is 11.4 Å². The standard InChI is InChI=1S/C15H18BrClN2OS/c1-9(19-21(20)15(2,3)4)11-8-10-6-5-7-12(16)13(10)18-14(11)17/h5-9,19H,1-4H3/t9-,21+/m0/s1. The number of pyridine rings is 1. The highest BCUT2D eigenvalue weighted by Crippen LogP contribution is 2.30. The number of nitrogens with zero attached hydrogens (tertiary/aromatic N) is 1. The number of hydrogen-bond acceptors (Lipinski definition) is 3. The van der Waals surface area contributed by atoms with Crippen LogP contribution in [0.2, 0.25) is 5.15 Å². The largest absolute Gasteiger partial charge is 0.598 e. The van der Waals surface area contributed by atoms with Crippen LogP contribution in [-0.4, -0.2) is 14.3 Å². The van der Waals surface area contributed by atoms with Crippen molar-refractivity contribution >= 4 is 49.8 Å². The van der Waals surface area contributed by atoms with E-state index in [4.69, 9.17) is 11.6 Å². The van der Waals surface area contributed by atoms with Crippen LogP contribution in [0.15, 0.2) is 28.7 Å². The SMILES string of the molecule is C[C@H](N[S@+]([O-])C(C)(C)C)c1cc2cccc(Br)c2nc1Cl. The molecule has 2 rings (SSSR count). The van der Waals surface area contributed by atoms with Gasteiger partial charge in [0.15, 0.2) is 0 Å². The van der Waals surface area contributed by atoms with Crippen LogP contribution in [0.4, 0.5) is 0 Å². The Morgan fingerprint density at radius 3 is 2.67 bits per heavy atom. The van der Waals surface area contributed by atoms with Crippen molar-refractivity contribution in [3.63, 3.8) is 0 Å². The molecule has 0 fully saturated rings. The molecule has 1 aromatic heterocycles. The van der Waals surface area contributed by atoms with Crippen molar-refractivity contribution in [2.45, 2.75) is 38.5 Å². The molecule has 0 unspecified atom stereocenters. The fraction of sp³-hybridized carbons (Fsp3) is 0.400. The average Bonchev–Trinajstić information content (AvgIpc) is 2.38. The second kappa shape index (κ2) is 6.42. The number of rotatable bonds is 3. The summed E-state index contributed by atoms with van der Waals surface area (Å²) < 4.78 is 15.9. The van der Waals surface area contributed by atoms with E-state index >= 15 is 0 Å². The molecule has 0 aliphatic carbocycles. The fourth-order valence-corrected chi connectivity index (χ4v) is 3.44. The van der Waals surface area contributed by atoms with Crippen molar-refractivity contribution in [3.05, 3.63) is 39.5 Å². The highest BCUT2D eigenvalue weighted by Gasteiger charge is 2.29. The number of hydrogen-bond donors (Lipinski definition) is 1. The second-order valence-corrected chi connectivity index (χ2v) is 9.11. The van der Waals surface area contributed by atoms with Gasteiger partial charge in [-0.2, -0.15) is 0 Å². The summed E-state index contributed by atoms with van der Waals surface area (Å²) in [5, 5.41) is 1.43. The summed E-state index contributed by atoms with van der Waals surface area (Å²) in [7, 11) is 0. The zero-order valence-electron chi connectivity index (χ0n) is 12.4. The van der Waals surface area contributed by atoms with E-state index in [0.29, 0.717) is 5.15 Å². The number of para-hydroxylation sites is 1. The van der Waals surface area contributed by atoms with Crippen LogP contribution in [0.1, 0.15) is 39.3 Å². The second-order valence-electron chi connectivity index (χ2n) is 5.90. The third kappa shape index (κ3) is 3.90. The van der Waals surface area contributed by atoms with Gasteiger partial charge in [-0.25, -0.2) is 4.98 Å². The molecule has 0 radical (unpaired) electrons. The lowest BCUT2D eigenvalue weighted by Crippen LogP contribution is -2.40. The molecule has 0 saturated heterocycles. The van der Waals surface area contributed by atoms with E-state index in [1.165, 1.54) is 0 Å². The number of aromatic nitrogens is 1. The normalized spacial score (nSPS) is 15.2. The van der Waals surface area contributed by atoms with Crippen LogP contribution in [0.5, 0.6) is 0 Å². The minimum atomic E-state index is -1.16. The first-order valence-corrected chi connectivity index (χ1v) is 8.95. The molecule has 0 amide bonds. The quantitative estimate of drug-likeness (QED) is 0.608. The molecule has 2 aromatic rings. The maximum atomic E-state index is 12.2. The molecule has 0 spiro atoms. The molecule has 6 heteroatoms. The minimum Gasteiger partial charge on any atom is -0.598 e. The maximum absolute atomic E-state index is 12.2. The van der Waals surface area contributed by atoms with Crippen LogP contribution in [0, 0.1) is 0 Å². The summed E-state index contributed by atoms with van der Waals surface area (Å²) in [6.07, 6.45) is 0. The number of nitrogens with one attached hydrogen (secondary N) is 1. The minimum absolute atomic E-state index is 0.145. The van der Waals surface area contributed by atoms with E-state index in [2.05, 4.69) is 25.6 Å². The van der Waals surface area contributed by atoms with Crippen molar-refractivity contribution < 1.29 is 4.55 Å². The van der Waals surface area contributed by atoms with Gasteiger partial charge in [0.05, 0.1) is 11.6 Å². The third-order valence-corrected chi connectivity index (χ3v) is 5.71. The highest BCUT2D eigenvalue weighted by atomic mass is 79.9. The van der Waals surface area contributed by atoms with Crippen LogP contribution in [0.3, 0.4) is 0 Å². The van der Waals surface area contributed by atoms with E-state index in [1.54, 1.807) is 0 Å². The molecule has 1 aromatic carbocycles. The Hall–Kier alpha value is -0.330. The first kappa shape index (κ1) is 17.0. The van der Waals surface area contributed by atoms with Crippen molar-refractivity contribution in [1.29, 1.82) is 0 Å². The summed E-state index contributed by atoms with van der Waals surface area (Å²) >= 11 is 8.61. The van der Waals surface area contributed by atoms with Crippen molar-refractivity contribution in [2.24, 2.45) is 0 Å². The van der Waals surface area contributed by atoms with Gasteiger partial charge in [0, 0.05) is 26.8 Å². The Balaban J connectivity index is 2.36. The number of benzene rings is 1. The van der Waals surface area contributed by atoms with Crippen molar-refractivity contribution in [3.8, 4) is 0 Å². The Labute approximate surface area is 141 Å². The molecular formula is C15H18BrClN2OS. The zero-order chi connectivity index (χ0) is 15.8. The summed E-state index contributed by atoms with van der Waals surface area (Å²) in [6.45, 7) is 7.73. The summed E-state index contributed by atoms with van der Waals surface area (Å²) in [6, 6.07) is 7.72. The molecule has 21 heavy (non-hydrogen) atoms. The third-order valence-electron chi connectivity index (χ3n) is 3.08. The first-order chi connectivity index (χ1) is 9.70. The van der Waals surface area contributed by atoms with Crippen LogP contribution < -0.4 is 4.72 Å². The lowest BCUT2D eigenvalue weighted by Gasteiger charge is -2.26. The van der Waals surface area contributed by atoms with Gasteiger partial charge in [0.25, 0.3) is 0 Å². The Kier molecular flexibility index (Phi) is 5.21. The lowest BCUT2D eigenvalue weighted by molar-refractivity contribution is 0.531. The Morgan fingerprint density at radius 2 is 2.05 bits per heavy atom. The fourth-order valence-electron chi connectivity index (χ4n) is 1.86. The molecule has 0 bridgehead atoms. The molecule has 3 nitrogen and oxygen atoms in total. The topological polar surface area (TPSA) is 48.0 Å². The first-order valence-electron chi connectivity index (χ1n) is 6.63. The van der Waals surface area contributed by atoms with Gasteiger partial charge in [-0.15, -0.1) is 4.72 Å². The van der Waals surface area contributed by atoms with E-state index in [1.807, 2.05) is 52.0 Å². The molecule has 1 heterocycles. The van der Waals surface area contributed by atoms with Gasteiger partial charge >= 0.3 is 0 Å². The van der Waals surface area contributed by atoms with Crippen molar-refractivity contribution in [1.82, 2.24) is 9.71 Å². The highest BCUT2D eigenvalue weighted by molar-refractivity contribution is 9.10. The molecule has 114 valence electrons. The predicted octanol–water partition coefficient (Wildman–Crippen LogP) is 4.76. The summed E-state index contributed by atoms with van der Waals surface area (Å²) in [5.41, 5.74) is 1.68. The molecule has 1 N–H and O–H groups in total. The van der Waals surface area contributed by atoms with Crippen molar-refractivity contribution in [2.75, 3.05) is 0 Å².